The van der Waals surface area contributed by atoms with Gasteiger partial charge in [0.15, 0.2) is 0 Å². The van der Waals surface area contributed by atoms with Crippen LogP contribution in [-0.4, -0.2) is 37.0 Å². The van der Waals surface area contributed by atoms with Gasteiger partial charge in [0.2, 0.25) is 5.91 Å². The number of halogens is 2. The summed E-state index contributed by atoms with van der Waals surface area (Å²) >= 11 is 0. The van der Waals surface area contributed by atoms with E-state index in [4.69, 9.17) is 5.73 Å². The highest BCUT2D eigenvalue weighted by Gasteiger charge is 2.19. The summed E-state index contributed by atoms with van der Waals surface area (Å²) in [4.78, 5) is 16.9. The zero-order chi connectivity index (χ0) is 16.8. The van der Waals surface area contributed by atoms with Gasteiger partial charge in [-0.15, -0.1) is 24.8 Å². The Morgan fingerprint density at radius 3 is 2.31 bits per heavy atom. The number of carbonyl (C=O) groups excluding carboxylic acids is 1. The molecule has 1 aliphatic heterocycles. The molecule has 4 nitrogen and oxygen atoms in total. The van der Waals surface area contributed by atoms with Crippen LogP contribution in [0.1, 0.15) is 18.4 Å². The van der Waals surface area contributed by atoms with Gasteiger partial charge in [0.25, 0.3) is 0 Å². The summed E-state index contributed by atoms with van der Waals surface area (Å²) in [6, 6.07) is 18.2. The van der Waals surface area contributed by atoms with E-state index in [2.05, 4.69) is 29.2 Å². The number of rotatable bonds is 4. The van der Waals surface area contributed by atoms with Gasteiger partial charge in [-0.3, -0.25) is 4.79 Å². The van der Waals surface area contributed by atoms with E-state index in [1.165, 1.54) is 5.69 Å². The summed E-state index contributed by atoms with van der Waals surface area (Å²) in [5.41, 5.74) is 9.04. The number of anilines is 2. The largest absolute Gasteiger partial charge is 0.399 e. The number of aryl methyl sites for hydroxylation is 1. The summed E-state index contributed by atoms with van der Waals surface area (Å²) in [7, 11) is 0. The minimum Gasteiger partial charge on any atom is -0.399 e. The number of benzene rings is 2. The molecule has 0 aliphatic carbocycles. The molecular weight excluding hydrogens is 369 g/mol. The highest BCUT2D eigenvalue weighted by Crippen LogP contribution is 2.17. The van der Waals surface area contributed by atoms with Crippen LogP contribution in [0.25, 0.3) is 0 Å². The van der Waals surface area contributed by atoms with Gasteiger partial charge >= 0.3 is 0 Å². The zero-order valence-electron chi connectivity index (χ0n) is 14.8. The van der Waals surface area contributed by atoms with E-state index in [-0.39, 0.29) is 30.7 Å². The first-order valence-electron chi connectivity index (χ1n) is 8.65. The van der Waals surface area contributed by atoms with E-state index in [0.29, 0.717) is 12.8 Å². The van der Waals surface area contributed by atoms with Crippen LogP contribution in [0.3, 0.4) is 0 Å². The number of carbonyl (C=O) groups is 1. The molecule has 1 saturated heterocycles. The molecule has 2 aromatic carbocycles. The monoisotopic (exact) mass is 395 g/mol. The van der Waals surface area contributed by atoms with Gasteiger partial charge in [0.05, 0.1) is 0 Å². The number of nitrogen functional groups attached to an aromatic ring is 1. The predicted molar refractivity (Wildman–Crippen MR) is 114 cm³/mol. The van der Waals surface area contributed by atoms with E-state index >= 15 is 0 Å². The minimum atomic E-state index is 0. The second-order valence-corrected chi connectivity index (χ2v) is 6.26. The molecule has 0 saturated carbocycles. The first-order chi connectivity index (χ1) is 11.7. The Morgan fingerprint density at radius 1 is 0.885 bits per heavy atom. The molecule has 0 aromatic heterocycles. The van der Waals surface area contributed by atoms with Gasteiger partial charge < -0.3 is 15.5 Å². The fraction of sp³-hybridized carbons (Fsp3) is 0.350. The van der Waals surface area contributed by atoms with Crippen LogP contribution in [0.2, 0.25) is 0 Å². The maximum atomic E-state index is 12.5. The Kier molecular flexibility index (Phi) is 9.31. The van der Waals surface area contributed by atoms with Crippen molar-refractivity contribution in [3.05, 3.63) is 60.2 Å². The summed E-state index contributed by atoms with van der Waals surface area (Å²) in [5, 5.41) is 0. The second kappa shape index (κ2) is 10.9. The summed E-state index contributed by atoms with van der Waals surface area (Å²) in [5.74, 6) is 0.230. The SMILES string of the molecule is Cl.Cl.Nc1ccccc1CCC(=O)N1CCCN(c2ccccc2)CC1. The molecule has 0 spiro atoms. The van der Waals surface area contributed by atoms with Crippen LogP contribution < -0.4 is 10.6 Å². The lowest BCUT2D eigenvalue weighted by Crippen LogP contribution is -2.35. The van der Waals surface area contributed by atoms with Crippen molar-refractivity contribution in [1.29, 1.82) is 0 Å². The molecule has 26 heavy (non-hydrogen) atoms. The Hall–Kier alpha value is -1.91. The zero-order valence-corrected chi connectivity index (χ0v) is 16.5. The molecule has 2 N–H and O–H groups in total. The lowest BCUT2D eigenvalue weighted by molar-refractivity contribution is -0.130. The van der Waals surface area contributed by atoms with Crippen molar-refractivity contribution >= 4 is 42.1 Å². The van der Waals surface area contributed by atoms with E-state index in [0.717, 1.165) is 43.9 Å². The lowest BCUT2D eigenvalue weighted by atomic mass is 10.1. The average Bonchev–Trinajstić information content (AvgIpc) is 2.88. The molecule has 0 atom stereocenters. The number of hydrogen-bond acceptors (Lipinski definition) is 3. The van der Waals surface area contributed by atoms with E-state index < -0.39 is 0 Å². The molecular formula is C20H27Cl2N3O. The Morgan fingerprint density at radius 2 is 1.58 bits per heavy atom. The third-order valence-corrected chi connectivity index (χ3v) is 4.63. The van der Waals surface area contributed by atoms with Crippen molar-refractivity contribution in [3.8, 4) is 0 Å². The standard InChI is InChI=1S/C20H25N3O.2ClH/c21-19-10-5-4-7-17(19)11-12-20(24)23-14-6-13-22(15-16-23)18-8-2-1-3-9-18;;/h1-5,7-10H,6,11-16,21H2;2*1H. The normalized spacial score (nSPS) is 14.0. The molecule has 142 valence electrons. The van der Waals surface area contributed by atoms with Gasteiger partial charge in [0.1, 0.15) is 0 Å². The molecule has 0 radical (unpaired) electrons. The predicted octanol–water partition coefficient (Wildman–Crippen LogP) is 3.78. The molecule has 6 heteroatoms. The number of nitrogens with zero attached hydrogens (tertiary/aromatic N) is 2. The molecule has 1 aliphatic rings. The van der Waals surface area contributed by atoms with Crippen molar-refractivity contribution in [2.75, 3.05) is 36.8 Å². The van der Waals surface area contributed by atoms with Crippen molar-refractivity contribution in [3.63, 3.8) is 0 Å². The number of para-hydroxylation sites is 2. The molecule has 0 unspecified atom stereocenters. The number of amides is 1. The number of hydrogen-bond donors (Lipinski definition) is 1. The first-order valence-corrected chi connectivity index (χ1v) is 8.65. The minimum absolute atomic E-state index is 0. The van der Waals surface area contributed by atoms with E-state index in [9.17, 15) is 4.79 Å². The summed E-state index contributed by atoms with van der Waals surface area (Å²) in [6.45, 7) is 3.52. The molecule has 1 fully saturated rings. The smallest absolute Gasteiger partial charge is 0.222 e. The third-order valence-electron chi connectivity index (χ3n) is 4.63. The fourth-order valence-corrected chi connectivity index (χ4v) is 3.23. The van der Waals surface area contributed by atoms with E-state index in [1.807, 2.05) is 35.2 Å². The van der Waals surface area contributed by atoms with Crippen LogP contribution in [-0.2, 0) is 11.2 Å². The molecule has 1 amide bonds. The summed E-state index contributed by atoms with van der Waals surface area (Å²) in [6.07, 6.45) is 2.25. The molecule has 3 rings (SSSR count). The van der Waals surface area contributed by atoms with Gasteiger partial charge in [0, 0.05) is 44.0 Å². The Balaban J connectivity index is 0.00000169. The number of nitrogens with two attached hydrogens (primary N) is 1. The van der Waals surface area contributed by atoms with Gasteiger partial charge in [-0.1, -0.05) is 36.4 Å². The van der Waals surface area contributed by atoms with Crippen molar-refractivity contribution in [1.82, 2.24) is 4.90 Å². The lowest BCUT2D eigenvalue weighted by Gasteiger charge is -2.23. The Bertz CT molecular complexity index is 682. The second-order valence-electron chi connectivity index (χ2n) is 6.26. The fourth-order valence-electron chi connectivity index (χ4n) is 3.23. The highest BCUT2D eigenvalue weighted by molar-refractivity contribution is 5.85. The molecule has 0 bridgehead atoms. The first kappa shape index (κ1) is 22.1. The van der Waals surface area contributed by atoms with Gasteiger partial charge in [-0.05, 0) is 36.6 Å². The van der Waals surface area contributed by atoms with Crippen molar-refractivity contribution in [2.24, 2.45) is 0 Å². The topological polar surface area (TPSA) is 49.6 Å². The van der Waals surface area contributed by atoms with Crippen LogP contribution in [0.5, 0.6) is 0 Å². The third kappa shape index (κ3) is 5.82. The highest BCUT2D eigenvalue weighted by atomic mass is 35.5. The maximum Gasteiger partial charge on any atom is 0.222 e. The van der Waals surface area contributed by atoms with Crippen molar-refractivity contribution < 1.29 is 4.79 Å². The Labute approximate surface area is 168 Å². The van der Waals surface area contributed by atoms with Crippen LogP contribution in [0.4, 0.5) is 11.4 Å². The summed E-state index contributed by atoms with van der Waals surface area (Å²) < 4.78 is 0. The van der Waals surface area contributed by atoms with Gasteiger partial charge in [-0.25, -0.2) is 0 Å². The van der Waals surface area contributed by atoms with Crippen LogP contribution >= 0.6 is 24.8 Å². The molecule has 1 heterocycles. The van der Waals surface area contributed by atoms with Crippen molar-refractivity contribution in [2.45, 2.75) is 19.3 Å². The van der Waals surface area contributed by atoms with Gasteiger partial charge in [-0.2, -0.15) is 0 Å². The van der Waals surface area contributed by atoms with Crippen LogP contribution in [0.15, 0.2) is 54.6 Å². The maximum absolute atomic E-state index is 12.5. The van der Waals surface area contributed by atoms with Crippen LogP contribution in [0, 0.1) is 0 Å². The van der Waals surface area contributed by atoms with E-state index in [1.54, 1.807) is 0 Å². The molecule has 2 aromatic rings. The average molecular weight is 396 g/mol. The quantitative estimate of drug-likeness (QED) is 0.801.